The van der Waals surface area contributed by atoms with Gasteiger partial charge >= 0.3 is 0 Å². The summed E-state index contributed by atoms with van der Waals surface area (Å²) < 4.78 is 7.69. The normalized spacial score (nSPS) is 13.6. The van der Waals surface area contributed by atoms with Crippen LogP contribution >= 0.6 is 0 Å². The number of fused-ring (bicyclic) bond motifs is 1. The predicted octanol–water partition coefficient (Wildman–Crippen LogP) is 5.76. The molecular formula is C32H31N5O2. The van der Waals surface area contributed by atoms with E-state index in [1.807, 2.05) is 42.2 Å². The van der Waals surface area contributed by atoms with Crippen molar-refractivity contribution in [3.63, 3.8) is 0 Å². The van der Waals surface area contributed by atoms with E-state index in [4.69, 9.17) is 14.7 Å². The summed E-state index contributed by atoms with van der Waals surface area (Å²) in [6.07, 6.45) is 3.82. The zero-order valence-electron chi connectivity index (χ0n) is 22.2. The molecule has 196 valence electrons. The van der Waals surface area contributed by atoms with E-state index in [1.54, 1.807) is 6.33 Å². The lowest BCUT2D eigenvalue weighted by Crippen LogP contribution is -2.49. The largest absolute Gasteiger partial charge is 0.494 e. The van der Waals surface area contributed by atoms with Gasteiger partial charge in [0.2, 0.25) is 0 Å². The van der Waals surface area contributed by atoms with Crippen molar-refractivity contribution < 1.29 is 9.53 Å². The van der Waals surface area contributed by atoms with E-state index in [0.717, 1.165) is 39.4 Å². The van der Waals surface area contributed by atoms with Crippen LogP contribution in [0.1, 0.15) is 22.8 Å². The molecule has 7 nitrogen and oxygen atoms in total. The zero-order chi connectivity index (χ0) is 26.8. The molecule has 0 atom stereocenters. The molecule has 0 bridgehead atoms. The molecule has 6 rings (SSSR count). The Kier molecular flexibility index (Phi) is 6.71. The van der Waals surface area contributed by atoms with Crippen molar-refractivity contribution in [1.82, 2.24) is 19.4 Å². The van der Waals surface area contributed by atoms with E-state index in [9.17, 15) is 4.79 Å². The van der Waals surface area contributed by atoms with Crippen LogP contribution in [0, 0.1) is 6.92 Å². The average molecular weight is 518 g/mol. The van der Waals surface area contributed by atoms with Crippen molar-refractivity contribution in [2.45, 2.75) is 13.8 Å². The van der Waals surface area contributed by atoms with Crippen molar-refractivity contribution in [3.8, 4) is 22.6 Å². The number of aromatic nitrogens is 3. The number of piperazine rings is 1. The maximum atomic E-state index is 13.2. The van der Waals surface area contributed by atoms with Gasteiger partial charge in [0.1, 0.15) is 17.9 Å². The Morgan fingerprint density at radius 2 is 1.59 bits per heavy atom. The Labute approximate surface area is 228 Å². The van der Waals surface area contributed by atoms with Gasteiger partial charge in [-0.25, -0.2) is 9.97 Å². The molecule has 0 saturated carbocycles. The van der Waals surface area contributed by atoms with Crippen LogP contribution in [0.15, 0.2) is 91.4 Å². The molecule has 0 unspecified atom stereocenters. The van der Waals surface area contributed by atoms with Crippen LogP contribution in [0.4, 0.5) is 5.82 Å². The molecule has 0 spiro atoms. The first-order valence-corrected chi connectivity index (χ1v) is 13.4. The smallest absolute Gasteiger partial charge is 0.253 e. The molecule has 39 heavy (non-hydrogen) atoms. The summed E-state index contributed by atoms with van der Waals surface area (Å²) in [7, 11) is 0. The SMILES string of the molecule is CCOc1ccc(C(=O)N2CCN(c3ncnc4c3c(-c3ccccc3)cn4-c3ccccc3C)CC2)cc1. The van der Waals surface area contributed by atoms with Gasteiger partial charge in [-0.05, 0) is 55.3 Å². The third kappa shape index (κ3) is 4.72. The van der Waals surface area contributed by atoms with Crippen LogP contribution in [0.3, 0.4) is 0 Å². The fourth-order valence-electron chi connectivity index (χ4n) is 5.30. The van der Waals surface area contributed by atoms with Crippen LogP contribution in [-0.2, 0) is 0 Å². The number of amides is 1. The predicted molar refractivity (Wildman–Crippen MR) is 155 cm³/mol. The van der Waals surface area contributed by atoms with Crippen molar-refractivity contribution in [3.05, 3.63) is 103 Å². The summed E-state index contributed by atoms with van der Waals surface area (Å²) in [5, 5.41) is 1.03. The summed E-state index contributed by atoms with van der Waals surface area (Å²) in [6.45, 7) is 7.30. The van der Waals surface area contributed by atoms with Gasteiger partial charge in [-0.3, -0.25) is 4.79 Å². The first-order chi connectivity index (χ1) is 19.1. The monoisotopic (exact) mass is 517 g/mol. The number of ether oxygens (including phenoxy) is 1. The molecule has 1 saturated heterocycles. The fourth-order valence-corrected chi connectivity index (χ4v) is 5.30. The summed E-state index contributed by atoms with van der Waals surface area (Å²) in [6, 6.07) is 26.1. The summed E-state index contributed by atoms with van der Waals surface area (Å²) in [5.74, 6) is 1.72. The van der Waals surface area contributed by atoms with Gasteiger partial charge in [0.15, 0.2) is 5.65 Å². The van der Waals surface area contributed by atoms with E-state index in [2.05, 4.69) is 71.1 Å². The van der Waals surface area contributed by atoms with Gasteiger partial charge in [-0.1, -0.05) is 48.5 Å². The molecule has 3 heterocycles. The number of aryl methyl sites for hydroxylation is 1. The molecule has 2 aromatic heterocycles. The Morgan fingerprint density at radius 3 is 2.31 bits per heavy atom. The molecule has 7 heteroatoms. The van der Waals surface area contributed by atoms with Gasteiger partial charge in [0.25, 0.3) is 5.91 Å². The van der Waals surface area contributed by atoms with Crippen LogP contribution < -0.4 is 9.64 Å². The lowest BCUT2D eigenvalue weighted by atomic mass is 10.1. The molecule has 5 aromatic rings. The number of para-hydroxylation sites is 1. The van der Waals surface area contributed by atoms with Crippen molar-refractivity contribution in [1.29, 1.82) is 0 Å². The van der Waals surface area contributed by atoms with E-state index >= 15 is 0 Å². The maximum Gasteiger partial charge on any atom is 0.253 e. The first kappa shape index (κ1) is 24.7. The van der Waals surface area contributed by atoms with E-state index < -0.39 is 0 Å². The van der Waals surface area contributed by atoms with Crippen LogP contribution in [-0.4, -0.2) is 58.1 Å². The number of hydrogen-bond acceptors (Lipinski definition) is 5. The molecule has 0 aliphatic carbocycles. The number of benzene rings is 3. The third-order valence-corrected chi connectivity index (χ3v) is 7.30. The van der Waals surface area contributed by atoms with Gasteiger partial charge < -0.3 is 19.1 Å². The lowest BCUT2D eigenvalue weighted by Gasteiger charge is -2.35. The number of carbonyl (C=O) groups is 1. The third-order valence-electron chi connectivity index (χ3n) is 7.30. The second-order valence-electron chi connectivity index (χ2n) is 9.70. The van der Waals surface area contributed by atoms with Crippen LogP contribution in [0.25, 0.3) is 27.8 Å². The number of rotatable bonds is 6. The van der Waals surface area contributed by atoms with Gasteiger partial charge in [-0.15, -0.1) is 0 Å². The molecule has 0 N–H and O–H groups in total. The molecule has 1 fully saturated rings. The Hall–Kier alpha value is -4.65. The van der Waals surface area contributed by atoms with Gasteiger partial charge in [0, 0.05) is 49.2 Å². The summed E-state index contributed by atoms with van der Waals surface area (Å²) in [4.78, 5) is 26.9. The number of carbonyl (C=O) groups excluding carboxylic acids is 1. The average Bonchev–Trinajstić information content (AvgIpc) is 3.38. The minimum atomic E-state index is 0.0428. The van der Waals surface area contributed by atoms with Gasteiger partial charge in [0.05, 0.1) is 12.0 Å². The number of hydrogen-bond donors (Lipinski definition) is 0. The topological polar surface area (TPSA) is 63.5 Å². The second kappa shape index (κ2) is 10.6. The first-order valence-electron chi connectivity index (χ1n) is 13.4. The van der Waals surface area contributed by atoms with Crippen molar-refractivity contribution >= 4 is 22.8 Å². The van der Waals surface area contributed by atoms with Crippen LogP contribution in [0.5, 0.6) is 5.75 Å². The van der Waals surface area contributed by atoms with Crippen molar-refractivity contribution in [2.24, 2.45) is 0 Å². The molecular weight excluding hydrogens is 486 g/mol. The van der Waals surface area contributed by atoms with E-state index in [1.165, 1.54) is 5.56 Å². The van der Waals surface area contributed by atoms with E-state index in [0.29, 0.717) is 38.3 Å². The highest BCUT2D eigenvalue weighted by molar-refractivity contribution is 6.02. The van der Waals surface area contributed by atoms with E-state index in [-0.39, 0.29) is 5.91 Å². The minimum absolute atomic E-state index is 0.0428. The highest BCUT2D eigenvalue weighted by Gasteiger charge is 2.26. The lowest BCUT2D eigenvalue weighted by molar-refractivity contribution is 0.0746. The molecule has 1 aliphatic heterocycles. The van der Waals surface area contributed by atoms with Crippen LogP contribution in [0.2, 0.25) is 0 Å². The summed E-state index contributed by atoms with van der Waals surface area (Å²) in [5.41, 5.74) is 6.04. The molecule has 1 amide bonds. The molecule has 3 aromatic carbocycles. The Bertz CT molecular complexity index is 1600. The number of nitrogens with zero attached hydrogens (tertiary/aromatic N) is 5. The highest BCUT2D eigenvalue weighted by atomic mass is 16.5. The summed E-state index contributed by atoms with van der Waals surface area (Å²) >= 11 is 0. The maximum absolute atomic E-state index is 13.2. The van der Waals surface area contributed by atoms with Gasteiger partial charge in [-0.2, -0.15) is 0 Å². The highest BCUT2D eigenvalue weighted by Crippen LogP contribution is 2.37. The molecule has 0 radical (unpaired) electrons. The standard InChI is InChI=1S/C32H31N5O2/c1-3-39-26-15-13-25(14-16-26)32(38)36-19-17-35(18-20-36)30-29-27(24-10-5-4-6-11-24)21-37(31(29)34-22-33-30)28-12-8-7-9-23(28)2/h4-16,21-22H,3,17-20H2,1-2H3. The van der Waals surface area contributed by atoms with Crippen molar-refractivity contribution in [2.75, 3.05) is 37.7 Å². The fraction of sp³-hybridized carbons (Fsp3) is 0.219. The molecule has 1 aliphatic rings. The Morgan fingerprint density at radius 1 is 0.872 bits per heavy atom. The quantitative estimate of drug-likeness (QED) is 0.287. The Balaban J connectivity index is 1.32. The number of anilines is 1. The zero-order valence-corrected chi connectivity index (χ0v) is 22.2. The second-order valence-corrected chi connectivity index (χ2v) is 9.70. The minimum Gasteiger partial charge on any atom is -0.494 e.